The molecule has 1 aromatic carbocycles. The van der Waals surface area contributed by atoms with E-state index in [1.54, 1.807) is 0 Å². The van der Waals surface area contributed by atoms with E-state index in [1.165, 1.54) is 48.1 Å². The van der Waals surface area contributed by atoms with Crippen LogP contribution in [0.2, 0.25) is 0 Å². The van der Waals surface area contributed by atoms with Crippen molar-refractivity contribution < 1.29 is 4.74 Å². The SMILES string of the molecule is Cc1ccc(OCCCN2CCCC2)c(C)c1Br. The summed E-state index contributed by atoms with van der Waals surface area (Å²) < 4.78 is 7.04. The van der Waals surface area contributed by atoms with Crippen molar-refractivity contribution in [1.29, 1.82) is 0 Å². The lowest BCUT2D eigenvalue weighted by molar-refractivity contribution is 0.262. The Bertz CT molecular complexity index is 400. The Morgan fingerprint density at radius 2 is 1.94 bits per heavy atom. The summed E-state index contributed by atoms with van der Waals surface area (Å²) in [7, 11) is 0. The van der Waals surface area contributed by atoms with Crippen molar-refractivity contribution in [1.82, 2.24) is 4.90 Å². The summed E-state index contributed by atoms with van der Waals surface area (Å²) in [5.74, 6) is 1.01. The molecule has 0 aliphatic carbocycles. The molecule has 0 aromatic heterocycles. The number of hydrogen-bond acceptors (Lipinski definition) is 2. The highest BCUT2D eigenvalue weighted by molar-refractivity contribution is 9.10. The summed E-state index contributed by atoms with van der Waals surface area (Å²) in [6.07, 6.45) is 3.85. The van der Waals surface area contributed by atoms with Gasteiger partial charge in [-0.1, -0.05) is 22.0 Å². The molecule has 1 fully saturated rings. The molecule has 18 heavy (non-hydrogen) atoms. The quantitative estimate of drug-likeness (QED) is 0.764. The predicted molar refractivity (Wildman–Crippen MR) is 79.4 cm³/mol. The van der Waals surface area contributed by atoms with Crippen LogP contribution in [0.1, 0.15) is 30.4 Å². The summed E-state index contributed by atoms with van der Waals surface area (Å²) >= 11 is 3.60. The molecule has 0 saturated carbocycles. The summed E-state index contributed by atoms with van der Waals surface area (Å²) in [5.41, 5.74) is 2.47. The fourth-order valence-corrected chi connectivity index (χ4v) is 2.76. The molecule has 0 atom stereocenters. The Morgan fingerprint density at radius 3 is 2.67 bits per heavy atom. The van der Waals surface area contributed by atoms with E-state index in [2.05, 4.69) is 46.8 Å². The molecule has 0 N–H and O–H groups in total. The zero-order chi connectivity index (χ0) is 13.0. The van der Waals surface area contributed by atoms with Gasteiger partial charge in [0, 0.05) is 16.6 Å². The van der Waals surface area contributed by atoms with E-state index in [4.69, 9.17) is 4.74 Å². The van der Waals surface area contributed by atoms with Gasteiger partial charge in [0.1, 0.15) is 5.75 Å². The number of likely N-dealkylation sites (tertiary alicyclic amines) is 1. The van der Waals surface area contributed by atoms with Gasteiger partial charge < -0.3 is 9.64 Å². The van der Waals surface area contributed by atoms with Gasteiger partial charge in [-0.3, -0.25) is 0 Å². The standard InChI is InChI=1S/C15H22BrNO/c1-12-6-7-14(13(2)15(12)16)18-11-5-10-17-8-3-4-9-17/h6-7H,3-5,8-11H2,1-2H3. The van der Waals surface area contributed by atoms with Crippen LogP contribution in [-0.2, 0) is 0 Å². The number of aryl methyl sites for hydroxylation is 1. The van der Waals surface area contributed by atoms with Crippen molar-refractivity contribution >= 4 is 15.9 Å². The Hall–Kier alpha value is -0.540. The Balaban J connectivity index is 1.77. The van der Waals surface area contributed by atoms with Crippen LogP contribution < -0.4 is 4.74 Å². The molecule has 1 aliphatic rings. The molecule has 0 spiro atoms. The number of nitrogens with zero attached hydrogens (tertiary/aromatic N) is 1. The first-order valence-electron chi connectivity index (χ1n) is 6.79. The Morgan fingerprint density at radius 1 is 1.22 bits per heavy atom. The smallest absolute Gasteiger partial charge is 0.123 e. The second kappa shape index (κ2) is 6.58. The van der Waals surface area contributed by atoms with Crippen molar-refractivity contribution in [3.63, 3.8) is 0 Å². The molecule has 3 heteroatoms. The van der Waals surface area contributed by atoms with Crippen LogP contribution in [0.15, 0.2) is 16.6 Å². The van der Waals surface area contributed by atoms with Crippen LogP contribution in [0.25, 0.3) is 0 Å². The first-order chi connectivity index (χ1) is 8.68. The zero-order valence-corrected chi connectivity index (χ0v) is 12.9. The molecule has 0 radical (unpaired) electrons. The summed E-state index contributed by atoms with van der Waals surface area (Å²) in [4.78, 5) is 2.53. The molecular weight excluding hydrogens is 290 g/mol. The van der Waals surface area contributed by atoms with Gasteiger partial charge in [0.05, 0.1) is 6.61 Å². The van der Waals surface area contributed by atoms with Crippen LogP contribution in [-0.4, -0.2) is 31.1 Å². The average Bonchev–Trinajstić information content (AvgIpc) is 2.87. The molecule has 1 aliphatic heterocycles. The van der Waals surface area contributed by atoms with Gasteiger partial charge in [0.2, 0.25) is 0 Å². The molecule has 1 saturated heterocycles. The van der Waals surface area contributed by atoms with Gasteiger partial charge in [-0.2, -0.15) is 0 Å². The molecule has 2 nitrogen and oxygen atoms in total. The summed E-state index contributed by atoms with van der Waals surface area (Å²) in [6.45, 7) is 8.74. The molecule has 100 valence electrons. The summed E-state index contributed by atoms with van der Waals surface area (Å²) in [6, 6.07) is 4.18. The maximum Gasteiger partial charge on any atom is 0.123 e. The molecule has 2 rings (SSSR count). The minimum atomic E-state index is 0.812. The normalized spacial score (nSPS) is 16.2. The maximum absolute atomic E-state index is 5.88. The Kier molecular flexibility index (Phi) is 5.07. The Labute approximate surface area is 118 Å². The first-order valence-corrected chi connectivity index (χ1v) is 7.58. The molecule has 1 aromatic rings. The third-order valence-corrected chi connectivity index (χ3v) is 4.82. The number of benzene rings is 1. The number of ether oxygens (including phenoxy) is 1. The van der Waals surface area contributed by atoms with Crippen molar-refractivity contribution in [2.45, 2.75) is 33.1 Å². The average molecular weight is 312 g/mol. The van der Waals surface area contributed by atoms with Crippen LogP contribution in [0.3, 0.4) is 0 Å². The van der Waals surface area contributed by atoms with E-state index in [0.717, 1.165) is 18.8 Å². The fourth-order valence-electron chi connectivity index (χ4n) is 2.44. The largest absolute Gasteiger partial charge is 0.493 e. The fraction of sp³-hybridized carbons (Fsp3) is 0.600. The van der Waals surface area contributed by atoms with E-state index in [-0.39, 0.29) is 0 Å². The van der Waals surface area contributed by atoms with Gasteiger partial charge in [0.15, 0.2) is 0 Å². The molecule has 0 amide bonds. The van der Waals surface area contributed by atoms with E-state index >= 15 is 0 Å². The van der Waals surface area contributed by atoms with Crippen LogP contribution in [0, 0.1) is 13.8 Å². The topological polar surface area (TPSA) is 12.5 Å². The minimum absolute atomic E-state index is 0.812. The molecule has 0 bridgehead atoms. The first kappa shape index (κ1) is 13.9. The number of rotatable bonds is 5. The lowest BCUT2D eigenvalue weighted by atomic mass is 10.1. The van der Waals surface area contributed by atoms with Gasteiger partial charge in [-0.25, -0.2) is 0 Å². The number of hydrogen-bond donors (Lipinski definition) is 0. The van der Waals surface area contributed by atoms with Crippen molar-refractivity contribution in [2.75, 3.05) is 26.2 Å². The predicted octanol–water partition coefficient (Wildman–Crippen LogP) is 3.93. The highest BCUT2D eigenvalue weighted by atomic mass is 79.9. The van der Waals surface area contributed by atoms with Gasteiger partial charge in [0.25, 0.3) is 0 Å². The van der Waals surface area contributed by atoms with Gasteiger partial charge in [-0.15, -0.1) is 0 Å². The second-order valence-corrected chi connectivity index (χ2v) is 5.86. The highest BCUT2D eigenvalue weighted by Crippen LogP contribution is 2.29. The molecule has 1 heterocycles. The number of halogens is 1. The van der Waals surface area contributed by atoms with Crippen LogP contribution >= 0.6 is 15.9 Å². The lowest BCUT2D eigenvalue weighted by Crippen LogP contribution is -2.22. The third-order valence-electron chi connectivity index (χ3n) is 3.60. The van der Waals surface area contributed by atoms with Crippen LogP contribution in [0.4, 0.5) is 0 Å². The highest BCUT2D eigenvalue weighted by Gasteiger charge is 2.11. The zero-order valence-electron chi connectivity index (χ0n) is 11.3. The van der Waals surface area contributed by atoms with E-state index in [0.29, 0.717) is 0 Å². The monoisotopic (exact) mass is 311 g/mol. The second-order valence-electron chi connectivity index (χ2n) is 5.07. The lowest BCUT2D eigenvalue weighted by Gasteiger charge is -2.15. The van der Waals surface area contributed by atoms with Crippen molar-refractivity contribution in [3.05, 3.63) is 27.7 Å². The maximum atomic E-state index is 5.88. The minimum Gasteiger partial charge on any atom is -0.493 e. The van der Waals surface area contributed by atoms with E-state index in [1.807, 2.05) is 0 Å². The van der Waals surface area contributed by atoms with E-state index in [9.17, 15) is 0 Å². The molecular formula is C15H22BrNO. The van der Waals surface area contributed by atoms with E-state index < -0.39 is 0 Å². The summed E-state index contributed by atoms with van der Waals surface area (Å²) in [5, 5.41) is 0. The van der Waals surface area contributed by atoms with Crippen LogP contribution in [0.5, 0.6) is 5.75 Å². The molecule has 0 unspecified atom stereocenters. The third kappa shape index (κ3) is 3.48. The van der Waals surface area contributed by atoms with Crippen molar-refractivity contribution in [3.8, 4) is 5.75 Å². The van der Waals surface area contributed by atoms with Gasteiger partial charge >= 0.3 is 0 Å². The van der Waals surface area contributed by atoms with Crippen molar-refractivity contribution in [2.24, 2.45) is 0 Å². The van der Waals surface area contributed by atoms with Gasteiger partial charge in [-0.05, 0) is 57.8 Å².